The Morgan fingerprint density at radius 2 is 1.80 bits per heavy atom. The van der Waals surface area contributed by atoms with E-state index < -0.39 is 11.5 Å². The topological polar surface area (TPSA) is 59.3 Å². The molecule has 0 radical (unpaired) electrons. The highest BCUT2D eigenvalue weighted by molar-refractivity contribution is 9.10. The average Bonchev–Trinajstić information content (AvgIpc) is 2.55. The first-order valence-electron chi connectivity index (χ1n) is 7.90. The van der Waals surface area contributed by atoms with Gasteiger partial charge in [0.15, 0.2) is 0 Å². The van der Waals surface area contributed by atoms with Gasteiger partial charge in [-0.15, -0.1) is 0 Å². The third kappa shape index (κ3) is 3.66. The summed E-state index contributed by atoms with van der Waals surface area (Å²) in [5, 5.41) is 3.47. The molecule has 1 aromatic heterocycles. The van der Waals surface area contributed by atoms with Crippen molar-refractivity contribution in [3.63, 3.8) is 0 Å². The van der Waals surface area contributed by atoms with Crippen molar-refractivity contribution in [2.45, 2.75) is 26.2 Å². The third-order valence-electron chi connectivity index (χ3n) is 3.97. The van der Waals surface area contributed by atoms with Crippen LogP contribution < -0.4 is 10.9 Å². The van der Waals surface area contributed by atoms with Gasteiger partial charge >= 0.3 is 5.63 Å². The number of hydrogen-bond acceptors (Lipinski definition) is 3. The van der Waals surface area contributed by atoms with Gasteiger partial charge in [-0.3, -0.25) is 4.79 Å². The molecule has 0 unspecified atom stereocenters. The molecule has 0 saturated carbocycles. The van der Waals surface area contributed by atoms with Gasteiger partial charge in [0.25, 0.3) is 5.91 Å². The van der Waals surface area contributed by atoms with E-state index in [4.69, 9.17) is 4.42 Å². The van der Waals surface area contributed by atoms with Crippen LogP contribution >= 0.6 is 15.9 Å². The van der Waals surface area contributed by atoms with E-state index >= 15 is 0 Å². The monoisotopic (exact) mass is 399 g/mol. The summed E-state index contributed by atoms with van der Waals surface area (Å²) in [4.78, 5) is 24.6. The molecular formula is C20H18BrNO3. The number of rotatable bonds is 2. The van der Waals surface area contributed by atoms with Crippen molar-refractivity contribution >= 4 is 38.5 Å². The summed E-state index contributed by atoms with van der Waals surface area (Å²) < 4.78 is 5.98. The number of fused-ring (bicyclic) bond motifs is 1. The van der Waals surface area contributed by atoms with Gasteiger partial charge in [-0.1, -0.05) is 45.0 Å². The molecule has 5 heteroatoms. The van der Waals surface area contributed by atoms with Crippen molar-refractivity contribution in [3.05, 3.63) is 74.6 Å². The summed E-state index contributed by atoms with van der Waals surface area (Å²) >= 11 is 3.48. The summed E-state index contributed by atoms with van der Waals surface area (Å²) in [6.45, 7) is 6.36. The number of nitrogens with one attached hydrogen (secondary N) is 1. The molecule has 128 valence electrons. The minimum Gasteiger partial charge on any atom is -0.422 e. The number of halogens is 1. The molecule has 1 amide bonds. The second-order valence-electron chi connectivity index (χ2n) is 6.88. The zero-order valence-corrected chi connectivity index (χ0v) is 15.8. The second kappa shape index (κ2) is 6.48. The van der Waals surface area contributed by atoms with Crippen molar-refractivity contribution in [3.8, 4) is 0 Å². The third-order valence-corrected chi connectivity index (χ3v) is 4.63. The summed E-state index contributed by atoms with van der Waals surface area (Å²) in [5.74, 6) is -0.497. The summed E-state index contributed by atoms with van der Waals surface area (Å²) in [6.07, 6.45) is 0. The Balaban J connectivity index is 1.93. The minimum absolute atomic E-state index is 0.00444. The summed E-state index contributed by atoms with van der Waals surface area (Å²) in [5.41, 5.74) is 1.53. The first-order chi connectivity index (χ1) is 11.8. The smallest absolute Gasteiger partial charge is 0.349 e. The zero-order chi connectivity index (χ0) is 18.2. The lowest BCUT2D eigenvalue weighted by Crippen LogP contribution is -2.21. The highest BCUT2D eigenvalue weighted by Gasteiger charge is 2.18. The van der Waals surface area contributed by atoms with Gasteiger partial charge in [0, 0.05) is 9.86 Å². The Morgan fingerprint density at radius 3 is 2.48 bits per heavy atom. The second-order valence-corrected chi connectivity index (χ2v) is 7.74. The van der Waals surface area contributed by atoms with Crippen molar-refractivity contribution in [1.29, 1.82) is 0 Å². The lowest BCUT2D eigenvalue weighted by atomic mass is 9.87. The van der Waals surface area contributed by atoms with Crippen LogP contribution in [0.5, 0.6) is 0 Å². The fraction of sp³-hybridized carbons (Fsp3) is 0.200. The van der Waals surface area contributed by atoms with E-state index in [2.05, 4.69) is 42.0 Å². The van der Waals surface area contributed by atoms with Crippen LogP contribution in [-0.4, -0.2) is 5.91 Å². The molecule has 0 spiro atoms. The highest BCUT2D eigenvalue weighted by atomic mass is 79.9. The molecule has 0 aliphatic rings. The van der Waals surface area contributed by atoms with Gasteiger partial charge in [-0.2, -0.15) is 0 Å². The molecule has 0 fully saturated rings. The van der Waals surface area contributed by atoms with Gasteiger partial charge in [0.2, 0.25) is 0 Å². The maximum absolute atomic E-state index is 12.5. The molecule has 2 aromatic carbocycles. The van der Waals surface area contributed by atoms with Gasteiger partial charge < -0.3 is 9.73 Å². The number of benzene rings is 2. The van der Waals surface area contributed by atoms with Crippen molar-refractivity contribution in [1.82, 2.24) is 0 Å². The van der Waals surface area contributed by atoms with Crippen molar-refractivity contribution < 1.29 is 9.21 Å². The maximum Gasteiger partial charge on any atom is 0.349 e. The lowest BCUT2D eigenvalue weighted by Gasteiger charge is -2.20. The first kappa shape index (κ1) is 17.4. The average molecular weight is 400 g/mol. The van der Waals surface area contributed by atoms with Crippen LogP contribution in [0.3, 0.4) is 0 Å². The molecule has 3 rings (SSSR count). The highest BCUT2D eigenvalue weighted by Crippen LogP contribution is 2.30. The Kier molecular flexibility index (Phi) is 4.52. The van der Waals surface area contributed by atoms with Crippen LogP contribution in [0.15, 0.2) is 62.2 Å². The first-order valence-corrected chi connectivity index (χ1v) is 8.69. The van der Waals surface area contributed by atoms with Gasteiger partial charge in [-0.05, 0) is 51.2 Å². The van der Waals surface area contributed by atoms with Gasteiger partial charge in [-0.25, -0.2) is 4.79 Å². The Morgan fingerprint density at radius 1 is 1.08 bits per heavy atom. The van der Waals surface area contributed by atoms with E-state index in [1.807, 2.05) is 24.3 Å². The molecule has 0 aliphatic heterocycles. The Bertz CT molecular complexity index is 1020. The van der Waals surface area contributed by atoms with Crippen LogP contribution in [0.1, 0.15) is 36.7 Å². The number of anilines is 1. The zero-order valence-electron chi connectivity index (χ0n) is 14.2. The van der Waals surface area contributed by atoms with Crippen molar-refractivity contribution in [2.24, 2.45) is 0 Å². The molecule has 0 atom stereocenters. The number of para-hydroxylation sites is 1. The molecule has 3 aromatic rings. The SMILES string of the molecule is CC(C)(C)c1ccc(NC(=O)c2cc3ccccc3oc2=O)c(Br)c1. The van der Waals surface area contributed by atoms with E-state index in [1.54, 1.807) is 24.3 Å². The van der Waals surface area contributed by atoms with Crippen LogP contribution in [0, 0.1) is 0 Å². The van der Waals surface area contributed by atoms with Gasteiger partial charge in [0.05, 0.1) is 5.69 Å². The normalized spacial score (nSPS) is 11.5. The van der Waals surface area contributed by atoms with E-state index in [0.29, 0.717) is 16.7 Å². The lowest BCUT2D eigenvalue weighted by molar-refractivity contribution is 0.102. The standard InChI is InChI=1S/C20H18BrNO3/c1-20(2,3)13-8-9-16(15(21)11-13)22-18(23)14-10-12-6-4-5-7-17(12)25-19(14)24/h4-11H,1-3H3,(H,22,23). The number of hydrogen-bond donors (Lipinski definition) is 1. The predicted octanol–water partition coefficient (Wildman–Crippen LogP) is 5.11. The molecule has 0 aliphatic carbocycles. The van der Waals surface area contributed by atoms with Crippen LogP contribution in [0.2, 0.25) is 0 Å². The fourth-order valence-corrected chi connectivity index (χ4v) is 2.97. The number of carbonyl (C=O) groups is 1. The van der Waals surface area contributed by atoms with E-state index in [0.717, 1.165) is 10.0 Å². The fourth-order valence-electron chi connectivity index (χ4n) is 2.49. The Labute approximate surface area is 154 Å². The van der Waals surface area contributed by atoms with E-state index in [9.17, 15) is 9.59 Å². The summed E-state index contributed by atoms with van der Waals surface area (Å²) in [7, 11) is 0. The maximum atomic E-state index is 12.5. The molecular weight excluding hydrogens is 382 g/mol. The van der Waals surface area contributed by atoms with Crippen molar-refractivity contribution in [2.75, 3.05) is 5.32 Å². The molecule has 25 heavy (non-hydrogen) atoms. The predicted molar refractivity (Wildman–Crippen MR) is 103 cm³/mol. The quantitative estimate of drug-likeness (QED) is 0.609. The van der Waals surface area contributed by atoms with Crippen LogP contribution in [-0.2, 0) is 5.41 Å². The van der Waals surface area contributed by atoms with Crippen LogP contribution in [0.25, 0.3) is 11.0 Å². The molecule has 1 heterocycles. The largest absolute Gasteiger partial charge is 0.422 e. The molecule has 4 nitrogen and oxygen atoms in total. The van der Waals surface area contributed by atoms with E-state index in [-0.39, 0.29) is 11.0 Å². The molecule has 0 saturated heterocycles. The van der Waals surface area contributed by atoms with E-state index in [1.165, 1.54) is 0 Å². The Hall–Kier alpha value is -2.40. The van der Waals surface area contributed by atoms with Gasteiger partial charge in [0.1, 0.15) is 11.1 Å². The molecule has 1 N–H and O–H groups in total. The number of carbonyl (C=O) groups excluding carboxylic acids is 1. The summed E-state index contributed by atoms with van der Waals surface area (Å²) in [6, 6.07) is 14.4. The minimum atomic E-state index is -0.654. The number of amides is 1. The molecule has 0 bridgehead atoms. The van der Waals surface area contributed by atoms with Crippen LogP contribution in [0.4, 0.5) is 5.69 Å².